The van der Waals surface area contributed by atoms with Crippen LogP contribution in [0.25, 0.3) is 0 Å². The van der Waals surface area contributed by atoms with E-state index < -0.39 is 0 Å². The van der Waals surface area contributed by atoms with Crippen LogP contribution in [0.4, 0.5) is 0 Å². The Morgan fingerprint density at radius 3 is 1.72 bits per heavy atom. The number of fused-ring (bicyclic) bond motifs is 12. The lowest BCUT2D eigenvalue weighted by atomic mass is 9.64. The van der Waals surface area contributed by atoms with Crippen LogP contribution in [0.3, 0.4) is 0 Å². The third kappa shape index (κ3) is 1.11. The maximum atomic E-state index is 2.47. The van der Waals surface area contributed by atoms with Crippen LogP contribution in [0, 0.1) is 59.2 Å². The molecule has 8 unspecified atom stereocenters. The summed E-state index contributed by atoms with van der Waals surface area (Å²) in [4.78, 5) is 0. The Morgan fingerprint density at radius 2 is 1.22 bits per heavy atom. The second-order valence-corrected chi connectivity index (χ2v) is 8.85. The summed E-state index contributed by atoms with van der Waals surface area (Å²) in [5, 5.41) is 0. The van der Waals surface area contributed by atoms with Crippen LogP contribution in [-0.2, 0) is 0 Å². The van der Waals surface area contributed by atoms with Crippen molar-refractivity contribution in [2.75, 3.05) is 0 Å². The van der Waals surface area contributed by atoms with Crippen molar-refractivity contribution in [2.45, 2.75) is 52.4 Å². The fourth-order valence-corrected chi connectivity index (χ4v) is 7.87. The first kappa shape index (κ1) is 10.7. The zero-order valence-corrected chi connectivity index (χ0v) is 12.0. The Balaban J connectivity index is 1.46. The average Bonchev–Trinajstić information content (AvgIpc) is 3.12. The highest BCUT2D eigenvalue weighted by Gasteiger charge is 2.66. The van der Waals surface area contributed by atoms with Crippen LogP contribution in [-0.4, -0.2) is 0 Å². The number of hydrogen-bond donors (Lipinski definition) is 0. The average molecular weight is 244 g/mol. The molecular formula is C18H28. The molecule has 0 heterocycles. The highest BCUT2D eigenvalue weighted by Crippen LogP contribution is 2.73. The molecule has 0 aromatic carbocycles. The lowest BCUT2D eigenvalue weighted by molar-refractivity contribution is 0.0716. The first-order chi connectivity index (χ1) is 8.74. The van der Waals surface area contributed by atoms with Crippen LogP contribution >= 0.6 is 0 Å². The predicted molar refractivity (Wildman–Crippen MR) is 74.0 cm³/mol. The molecule has 0 aromatic heterocycles. The Bertz CT molecular complexity index is 340. The molecule has 0 N–H and O–H groups in total. The van der Waals surface area contributed by atoms with Gasteiger partial charge in [0.15, 0.2) is 0 Å². The molecule has 0 spiro atoms. The zero-order valence-electron chi connectivity index (χ0n) is 12.0. The molecule has 5 aliphatic carbocycles. The van der Waals surface area contributed by atoms with Gasteiger partial charge in [0, 0.05) is 0 Å². The van der Waals surface area contributed by atoms with E-state index in [-0.39, 0.29) is 0 Å². The van der Waals surface area contributed by atoms with E-state index in [0.717, 1.165) is 11.8 Å². The Hall–Kier alpha value is 0. The molecule has 8 atom stereocenters. The van der Waals surface area contributed by atoms with Crippen molar-refractivity contribution >= 4 is 0 Å². The van der Waals surface area contributed by atoms with Gasteiger partial charge in [-0.05, 0) is 97.7 Å². The fourth-order valence-electron chi connectivity index (χ4n) is 7.87. The van der Waals surface area contributed by atoms with Crippen molar-refractivity contribution in [2.24, 2.45) is 59.2 Å². The summed E-state index contributed by atoms with van der Waals surface area (Å²) in [7, 11) is 0. The zero-order chi connectivity index (χ0) is 12.0. The smallest absolute Gasteiger partial charge is 0.0321 e. The summed E-state index contributed by atoms with van der Waals surface area (Å²) in [6, 6.07) is 0. The van der Waals surface area contributed by atoms with Gasteiger partial charge in [0.05, 0.1) is 0 Å². The lowest BCUT2D eigenvalue weighted by Gasteiger charge is -2.40. The van der Waals surface area contributed by atoms with Gasteiger partial charge >= 0.3 is 0 Å². The number of hydrogen-bond acceptors (Lipinski definition) is 0. The topological polar surface area (TPSA) is 0 Å². The van der Waals surface area contributed by atoms with Gasteiger partial charge in [-0.25, -0.2) is 0 Å². The van der Waals surface area contributed by atoms with E-state index >= 15 is 0 Å². The van der Waals surface area contributed by atoms with Crippen LogP contribution < -0.4 is 0 Å². The van der Waals surface area contributed by atoms with Crippen LogP contribution in [0.2, 0.25) is 0 Å². The SMILES string of the molecule is CC(C)C1CC2C(C1)C1CC2C2C3CCC(C3)C12. The normalized spacial score (nSPS) is 63.8. The molecule has 0 aliphatic heterocycles. The third-order valence-corrected chi connectivity index (χ3v) is 8.32. The van der Waals surface area contributed by atoms with Gasteiger partial charge in [-0.1, -0.05) is 13.8 Å². The second-order valence-electron chi connectivity index (χ2n) is 8.85. The van der Waals surface area contributed by atoms with Gasteiger partial charge in [0.2, 0.25) is 0 Å². The molecule has 0 saturated heterocycles. The largest absolute Gasteiger partial charge is 0.0625 e. The van der Waals surface area contributed by atoms with E-state index in [0.29, 0.717) is 0 Å². The Labute approximate surface area is 112 Å². The van der Waals surface area contributed by atoms with Gasteiger partial charge in [-0.3, -0.25) is 0 Å². The Morgan fingerprint density at radius 1 is 0.667 bits per heavy atom. The molecule has 0 nitrogen and oxygen atoms in total. The third-order valence-electron chi connectivity index (χ3n) is 8.32. The predicted octanol–water partition coefficient (Wildman–Crippen LogP) is 4.60. The molecule has 18 heavy (non-hydrogen) atoms. The van der Waals surface area contributed by atoms with Gasteiger partial charge in [0.1, 0.15) is 0 Å². The molecule has 0 heteroatoms. The Kier molecular flexibility index (Phi) is 2.01. The molecule has 5 aliphatic rings. The first-order valence-electron chi connectivity index (χ1n) is 8.74. The molecule has 0 amide bonds. The minimum absolute atomic E-state index is 0.951. The molecule has 4 bridgehead atoms. The standard InChI is InChI=1S/C18H28/c1-9(2)12-6-13-14(7-12)16-8-15(13)17-10-3-4-11(5-10)18(16)17/h9-18H,3-8H2,1-2H3. The molecule has 100 valence electrons. The minimum atomic E-state index is 0.951. The summed E-state index contributed by atoms with van der Waals surface area (Å²) in [6.07, 6.45) is 9.77. The maximum absolute atomic E-state index is 2.47. The molecule has 5 saturated carbocycles. The van der Waals surface area contributed by atoms with Crippen molar-refractivity contribution in [1.82, 2.24) is 0 Å². The summed E-state index contributed by atoms with van der Waals surface area (Å²) in [5.74, 6) is 11.6. The monoisotopic (exact) mass is 244 g/mol. The first-order valence-corrected chi connectivity index (χ1v) is 8.74. The lowest BCUT2D eigenvalue weighted by Crippen LogP contribution is -2.35. The van der Waals surface area contributed by atoms with Gasteiger partial charge < -0.3 is 0 Å². The van der Waals surface area contributed by atoms with Gasteiger partial charge in [-0.2, -0.15) is 0 Å². The van der Waals surface area contributed by atoms with Crippen LogP contribution in [0.5, 0.6) is 0 Å². The van der Waals surface area contributed by atoms with Crippen molar-refractivity contribution in [3.05, 3.63) is 0 Å². The van der Waals surface area contributed by atoms with Crippen molar-refractivity contribution in [3.8, 4) is 0 Å². The van der Waals surface area contributed by atoms with E-state index in [1.165, 1.54) is 47.3 Å². The molecule has 5 fully saturated rings. The van der Waals surface area contributed by atoms with Crippen LogP contribution in [0.15, 0.2) is 0 Å². The minimum Gasteiger partial charge on any atom is -0.0625 e. The molecule has 0 radical (unpaired) electrons. The number of rotatable bonds is 1. The maximum Gasteiger partial charge on any atom is -0.0321 e. The van der Waals surface area contributed by atoms with Crippen LogP contribution in [0.1, 0.15) is 52.4 Å². The fraction of sp³-hybridized carbons (Fsp3) is 1.00. The van der Waals surface area contributed by atoms with E-state index in [2.05, 4.69) is 13.8 Å². The van der Waals surface area contributed by atoms with E-state index in [1.54, 1.807) is 38.5 Å². The molecule has 5 rings (SSSR count). The summed E-state index contributed by atoms with van der Waals surface area (Å²) >= 11 is 0. The summed E-state index contributed by atoms with van der Waals surface area (Å²) in [5.41, 5.74) is 0. The molecular weight excluding hydrogens is 216 g/mol. The van der Waals surface area contributed by atoms with E-state index in [9.17, 15) is 0 Å². The molecule has 0 aromatic rings. The highest BCUT2D eigenvalue weighted by molar-refractivity contribution is 5.15. The van der Waals surface area contributed by atoms with Crippen molar-refractivity contribution in [1.29, 1.82) is 0 Å². The van der Waals surface area contributed by atoms with E-state index in [4.69, 9.17) is 0 Å². The van der Waals surface area contributed by atoms with E-state index in [1.807, 2.05) is 0 Å². The second kappa shape index (κ2) is 3.36. The summed E-state index contributed by atoms with van der Waals surface area (Å²) < 4.78 is 0. The van der Waals surface area contributed by atoms with Crippen molar-refractivity contribution in [3.63, 3.8) is 0 Å². The summed E-state index contributed by atoms with van der Waals surface area (Å²) in [6.45, 7) is 4.94. The van der Waals surface area contributed by atoms with Gasteiger partial charge in [0.25, 0.3) is 0 Å². The van der Waals surface area contributed by atoms with Gasteiger partial charge in [-0.15, -0.1) is 0 Å². The highest BCUT2D eigenvalue weighted by atomic mass is 14.7. The quantitative estimate of drug-likeness (QED) is 0.591. The van der Waals surface area contributed by atoms with Crippen molar-refractivity contribution < 1.29 is 0 Å².